The Morgan fingerprint density at radius 2 is 2.17 bits per heavy atom. The van der Waals surface area contributed by atoms with Gasteiger partial charge in [-0.1, -0.05) is 6.07 Å². The standard InChI is InChI=1S/C13H10F3N5O2/c14-13(15,16)7-2-1-3-8(4-7)18-11(23)9-5-10(22)19-12-20-17-6-21(9)12/h1-4,6,9H,5H2,(H,18,23)(H,19,20,22)/t9-/m0/s1. The van der Waals surface area contributed by atoms with Gasteiger partial charge in [0.25, 0.3) is 0 Å². The first-order chi connectivity index (χ1) is 10.8. The lowest BCUT2D eigenvalue weighted by Gasteiger charge is -2.23. The molecule has 2 amide bonds. The second kappa shape index (κ2) is 5.38. The molecule has 1 aliphatic rings. The molecule has 7 nitrogen and oxygen atoms in total. The molecule has 0 fully saturated rings. The molecule has 1 aliphatic heterocycles. The summed E-state index contributed by atoms with van der Waals surface area (Å²) in [7, 11) is 0. The van der Waals surface area contributed by atoms with E-state index in [2.05, 4.69) is 20.8 Å². The first-order valence-corrected chi connectivity index (χ1v) is 6.52. The third-order valence-electron chi connectivity index (χ3n) is 3.30. The predicted octanol–water partition coefficient (Wildman–Crippen LogP) is 1.82. The summed E-state index contributed by atoms with van der Waals surface area (Å²) in [5.41, 5.74) is -0.882. The molecule has 0 radical (unpaired) electrons. The van der Waals surface area contributed by atoms with Gasteiger partial charge in [-0.2, -0.15) is 13.2 Å². The molecule has 1 aromatic carbocycles. The van der Waals surface area contributed by atoms with E-state index in [9.17, 15) is 22.8 Å². The fraction of sp³-hybridized carbons (Fsp3) is 0.231. The van der Waals surface area contributed by atoms with Crippen molar-refractivity contribution in [2.45, 2.75) is 18.6 Å². The van der Waals surface area contributed by atoms with Crippen LogP contribution in [0.2, 0.25) is 0 Å². The van der Waals surface area contributed by atoms with Gasteiger partial charge in [-0.05, 0) is 18.2 Å². The zero-order valence-electron chi connectivity index (χ0n) is 11.5. The van der Waals surface area contributed by atoms with Crippen molar-refractivity contribution in [2.75, 3.05) is 10.6 Å². The molecule has 0 aliphatic carbocycles. The van der Waals surface area contributed by atoms with Crippen LogP contribution in [0.3, 0.4) is 0 Å². The summed E-state index contributed by atoms with van der Waals surface area (Å²) >= 11 is 0. The van der Waals surface area contributed by atoms with Crippen LogP contribution in [0.25, 0.3) is 0 Å². The lowest BCUT2D eigenvalue weighted by Crippen LogP contribution is -2.35. The first kappa shape index (κ1) is 15.0. The summed E-state index contributed by atoms with van der Waals surface area (Å²) in [5, 5.41) is 12.1. The van der Waals surface area contributed by atoms with Crippen molar-refractivity contribution in [3.8, 4) is 0 Å². The Bertz CT molecular complexity index is 771. The molecule has 0 saturated carbocycles. The fourth-order valence-corrected chi connectivity index (χ4v) is 2.23. The third-order valence-corrected chi connectivity index (χ3v) is 3.30. The predicted molar refractivity (Wildman–Crippen MR) is 72.4 cm³/mol. The average molecular weight is 325 g/mol. The summed E-state index contributed by atoms with van der Waals surface area (Å²) < 4.78 is 39.4. The zero-order valence-corrected chi connectivity index (χ0v) is 11.5. The minimum absolute atomic E-state index is 0.00886. The van der Waals surface area contributed by atoms with Gasteiger partial charge in [-0.3, -0.25) is 19.5 Å². The van der Waals surface area contributed by atoms with Crippen molar-refractivity contribution < 1.29 is 22.8 Å². The maximum absolute atomic E-state index is 12.7. The Kier molecular flexibility index (Phi) is 3.51. The number of hydrogen-bond donors (Lipinski definition) is 2. The number of alkyl halides is 3. The van der Waals surface area contributed by atoms with E-state index in [-0.39, 0.29) is 18.1 Å². The van der Waals surface area contributed by atoms with Crippen molar-refractivity contribution in [1.82, 2.24) is 14.8 Å². The van der Waals surface area contributed by atoms with Crippen molar-refractivity contribution >= 4 is 23.5 Å². The Morgan fingerprint density at radius 1 is 1.39 bits per heavy atom. The molecular weight excluding hydrogens is 315 g/mol. The molecule has 1 aromatic heterocycles. The van der Waals surface area contributed by atoms with Crippen molar-refractivity contribution in [3.63, 3.8) is 0 Å². The number of carbonyl (C=O) groups is 2. The Labute approximate surface area is 127 Å². The minimum Gasteiger partial charge on any atom is -0.324 e. The van der Waals surface area contributed by atoms with Gasteiger partial charge in [0.2, 0.25) is 17.8 Å². The molecule has 23 heavy (non-hydrogen) atoms. The van der Waals surface area contributed by atoms with Crippen LogP contribution in [0.4, 0.5) is 24.8 Å². The molecule has 0 saturated heterocycles. The van der Waals surface area contributed by atoms with E-state index < -0.39 is 29.6 Å². The molecule has 0 spiro atoms. The minimum atomic E-state index is -4.51. The molecule has 0 bridgehead atoms. The van der Waals surface area contributed by atoms with E-state index in [1.807, 2.05) is 0 Å². The van der Waals surface area contributed by atoms with Crippen LogP contribution in [0.5, 0.6) is 0 Å². The summed E-state index contributed by atoms with van der Waals surface area (Å²) in [6, 6.07) is 3.33. The van der Waals surface area contributed by atoms with Gasteiger partial charge >= 0.3 is 6.18 Å². The first-order valence-electron chi connectivity index (χ1n) is 6.52. The van der Waals surface area contributed by atoms with E-state index in [1.165, 1.54) is 23.0 Å². The smallest absolute Gasteiger partial charge is 0.324 e. The van der Waals surface area contributed by atoms with E-state index in [0.29, 0.717) is 0 Å². The average Bonchev–Trinajstić information content (AvgIpc) is 2.93. The number of hydrogen-bond acceptors (Lipinski definition) is 4. The molecule has 2 N–H and O–H groups in total. The number of aromatic nitrogens is 3. The van der Waals surface area contributed by atoms with E-state index in [0.717, 1.165) is 12.1 Å². The maximum Gasteiger partial charge on any atom is 0.416 e. The molecule has 10 heteroatoms. The second-order valence-electron chi connectivity index (χ2n) is 4.90. The van der Waals surface area contributed by atoms with Crippen LogP contribution in [-0.4, -0.2) is 26.6 Å². The summed E-state index contributed by atoms with van der Waals surface area (Å²) in [4.78, 5) is 23.8. The fourth-order valence-electron chi connectivity index (χ4n) is 2.23. The Balaban J connectivity index is 1.82. The number of halogens is 3. The van der Waals surface area contributed by atoms with Gasteiger partial charge in [0, 0.05) is 5.69 Å². The van der Waals surface area contributed by atoms with Crippen LogP contribution in [0, 0.1) is 0 Å². The number of carbonyl (C=O) groups excluding carboxylic acids is 2. The van der Waals surface area contributed by atoms with Crippen LogP contribution < -0.4 is 10.6 Å². The number of amides is 2. The van der Waals surface area contributed by atoms with Gasteiger partial charge in [0.05, 0.1) is 12.0 Å². The highest BCUT2D eigenvalue weighted by Crippen LogP contribution is 2.31. The van der Waals surface area contributed by atoms with Crippen molar-refractivity contribution in [1.29, 1.82) is 0 Å². The third kappa shape index (κ3) is 3.00. The molecule has 2 aromatic rings. The molecule has 0 unspecified atom stereocenters. The van der Waals surface area contributed by atoms with Crippen LogP contribution >= 0.6 is 0 Å². The van der Waals surface area contributed by atoms with E-state index in [4.69, 9.17) is 0 Å². The number of nitrogens with zero attached hydrogens (tertiary/aromatic N) is 3. The second-order valence-corrected chi connectivity index (χ2v) is 4.90. The Morgan fingerprint density at radius 3 is 2.91 bits per heavy atom. The topological polar surface area (TPSA) is 88.9 Å². The number of rotatable bonds is 2. The summed E-state index contributed by atoms with van der Waals surface area (Å²) in [5.74, 6) is -0.930. The molecule has 1 atom stereocenters. The quantitative estimate of drug-likeness (QED) is 0.881. The lowest BCUT2D eigenvalue weighted by molar-refractivity contribution is -0.137. The SMILES string of the molecule is O=C1C[C@@H](C(=O)Nc2cccc(C(F)(F)F)c2)n2cnnc2N1. The van der Waals surface area contributed by atoms with E-state index in [1.54, 1.807) is 0 Å². The highest BCUT2D eigenvalue weighted by Gasteiger charge is 2.33. The largest absolute Gasteiger partial charge is 0.416 e. The van der Waals surface area contributed by atoms with Crippen LogP contribution in [0.1, 0.15) is 18.0 Å². The van der Waals surface area contributed by atoms with Gasteiger partial charge in [-0.25, -0.2) is 0 Å². The highest BCUT2D eigenvalue weighted by molar-refractivity contribution is 6.00. The van der Waals surface area contributed by atoms with Gasteiger partial charge in [-0.15, -0.1) is 10.2 Å². The normalized spacial score (nSPS) is 17.3. The number of benzene rings is 1. The zero-order chi connectivity index (χ0) is 16.6. The van der Waals surface area contributed by atoms with Crippen molar-refractivity contribution in [3.05, 3.63) is 36.2 Å². The number of nitrogens with one attached hydrogen (secondary N) is 2. The molecular formula is C13H10F3N5O2. The Hall–Kier alpha value is -2.91. The highest BCUT2D eigenvalue weighted by atomic mass is 19.4. The molecule has 2 heterocycles. The monoisotopic (exact) mass is 325 g/mol. The van der Waals surface area contributed by atoms with Crippen LogP contribution in [-0.2, 0) is 15.8 Å². The lowest BCUT2D eigenvalue weighted by atomic mass is 10.1. The van der Waals surface area contributed by atoms with E-state index >= 15 is 0 Å². The number of fused-ring (bicyclic) bond motifs is 1. The van der Waals surface area contributed by atoms with Crippen molar-refractivity contribution in [2.24, 2.45) is 0 Å². The van der Waals surface area contributed by atoms with Gasteiger partial charge in [0.15, 0.2) is 0 Å². The van der Waals surface area contributed by atoms with Crippen LogP contribution in [0.15, 0.2) is 30.6 Å². The van der Waals surface area contributed by atoms with Gasteiger partial charge in [0.1, 0.15) is 12.4 Å². The summed E-state index contributed by atoms with van der Waals surface area (Å²) in [6.07, 6.45) is -3.39. The van der Waals surface area contributed by atoms with Gasteiger partial charge < -0.3 is 5.32 Å². The molecule has 120 valence electrons. The molecule has 3 rings (SSSR count). The summed E-state index contributed by atoms with van der Waals surface area (Å²) in [6.45, 7) is 0. The maximum atomic E-state index is 12.7. The number of anilines is 2.